The summed E-state index contributed by atoms with van der Waals surface area (Å²) >= 11 is 2.00. The Morgan fingerprint density at radius 2 is 1.80 bits per heavy atom. The number of hydrogen-bond donors (Lipinski definition) is 0. The van der Waals surface area contributed by atoms with Crippen molar-refractivity contribution in [1.29, 1.82) is 0 Å². The minimum absolute atomic E-state index is 0. The monoisotopic (exact) mass is 117 g/mol. The van der Waals surface area contributed by atoms with Crippen LogP contribution in [0.4, 0.5) is 0 Å². The molecule has 0 saturated heterocycles. The van der Waals surface area contributed by atoms with Crippen LogP contribution in [0.25, 0.3) is 0 Å². The molecule has 0 aliphatic heterocycles. The molecule has 0 atom stereocenters. The fraction of sp³-hybridized carbons (Fsp3) is 0.333. The van der Waals surface area contributed by atoms with E-state index >= 15 is 0 Å². The van der Waals surface area contributed by atoms with Crippen LogP contribution in [0, 0.1) is 0 Å². The van der Waals surface area contributed by atoms with Gasteiger partial charge >= 0.3 is 37.8 Å². The minimum Gasteiger partial charge on any atom is 0 e. The van der Waals surface area contributed by atoms with Crippen LogP contribution in [0.2, 0.25) is 0 Å². The molecule has 0 nitrogen and oxygen atoms in total. The molecule has 0 amide bonds. The fourth-order valence-electron chi connectivity index (χ4n) is 0. The van der Waals surface area contributed by atoms with Gasteiger partial charge in [-0.25, -0.2) is 0 Å². The molecule has 0 unspecified atom stereocenters. The zero-order valence-electron chi connectivity index (χ0n) is 3.15. The second kappa shape index (κ2) is 8.82. The Bertz CT molecular complexity index is 22.1. The summed E-state index contributed by atoms with van der Waals surface area (Å²) in [5.74, 6) is 0. The summed E-state index contributed by atoms with van der Waals surface area (Å²) in [6.07, 6.45) is 2.00. The Hall–Kier alpha value is 0.671. The summed E-state index contributed by atoms with van der Waals surface area (Å²) in [5, 5.41) is 0. The molecule has 0 N–H and O–H groups in total. The van der Waals surface area contributed by atoms with Crippen LogP contribution >= 0.6 is 0 Å². The van der Waals surface area contributed by atoms with Gasteiger partial charge in [0, 0.05) is 11.0 Å². The van der Waals surface area contributed by atoms with Gasteiger partial charge in [0.2, 0.25) is 0 Å². The molecule has 0 bridgehead atoms. The average molecular weight is 117 g/mol. The van der Waals surface area contributed by atoms with Crippen LogP contribution in [0.15, 0.2) is 10.5 Å². The zero-order valence-corrected chi connectivity index (χ0v) is 5.72. The minimum atomic E-state index is 0. The average Bonchev–Trinajstić information content (AvgIpc) is 1.37. The Morgan fingerprint density at radius 3 is 1.80 bits per heavy atom. The van der Waals surface area contributed by atoms with E-state index in [-0.39, 0.29) is 11.0 Å². The fourth-order valence-corrected chi connectivity index (χ4v) is 0. The second-order valence-electron chi connectivity index (χ2n) is 0.500. The smallest absolute Gasteiger partial charge is 0 e. The van der Waals surface area contributed by atoms with E-state index in [2.05, 4.69) is 0 Å². The van der Waals surface area contributed by atoms with Crippen molar-refractivity contribution in [2.24, 2.45) is 0 Å². The van der Waals surface area contributed by atoms with Crippen LogP contribution in [-0.4, -0.2) is 11.0 Å². The molecule has 0 aromatic rings. The van der Waals surface area contributed by atoms with Crippen molar-refractivity contribution in [2.75, 3.05) is 0 Å². The molecule has 4 radical (unpaired) electrons. The zero-order chi connectivity index (χ0) is 3.41. The van der Waals surface area contributed by atoms with Crippen molar-refractivity contribution in [3.63, 3.8) is 0 Å². The van der Waals surface area contributed by atoms with E-state index < -0.39 is 0 Å². The van der Waals surface area contributed by atoms with Crippen molar-refractivity contribution < 1.29 is 20.4 Å². The van der Waals surface area contributed by atoms with Gasteiger partial charge in [0.05, 0.1) is 0 Å². The first kappa shape index (κ1) is 9.18. The molecular formula is C3H5SiTi. The maximum absolute atomic E-state index is 2.00. The van der Waals surface area contributed by atoms with Crippen molar-refractivity contribution >= 4 is 11.0 Å². The van der Waals surface area contributed by atoms with Crippen LogP contribution < -0.4 is 0 Å². The molecule has 5 heavy (non-hydrogen) atoms. The Balaban J connectivity index is 0. The third-order valence-corrected chi connectivity index (χ3v) is 0.687. The van der Waals surface area contributed by atoms with Crippen LogP contribution in [-0.2, 0) is 20.4 Å². The third kappa shape index (κ3) is 11.9. The van der Waals surface area contributed by atoms with Crippen LogP contribution in [0.1, 0.15) is 6.92 Å². The van der Waals surface area contributed by atoms with Gasteiger partial charge in [-0.3, -0.25) is 0 Å². The quantitative estimate of drug-likeness (QED) is 0.409. The van der Waals surface area contributed by atoms with E-state index in [1.807, 2.05) is 37.8 Å². The van der Waals surface area contributed by atoms with Crippen LogP contribution in [0.3, 0.4) is 0 Å². The molecular weight excluding hydrogens is 112 g/mol. The Morgan fingerprint density at radius 1 is 1.60 bits per heavy atom. The summed E-state index contributed by atoms with van der Waals surface area (Å²) in [6.45, 7) is 2.00. The predicted molar refractivity (Wildman–Crippen MR) is 20.6 cm³/mol. The van der Waals surface area contributed by atoms with E-state index in [4.69, 9.17) is 0 Å². The van der Waals surface area contributed by atoms with E-state index in [0.29, 0.717) is 0 Å². The molecule has 0 aromatic carbocycles. The molecule has 0 saturated carbocycles. The van der Waals surface area contributed by atoms with Gasteiger partial charge in [-0.05, 0) is 0 Å². The van der Waals surface area contributed by atoms with E-state index in [1.54, 1.807) is 0 Å². The number of rotatable bonds is 0. The van der Waals surface area contributed by atoms with Gasteiger partial charge in [-0.2, -0.15) is 0 Å². The SMILES string of the molecule is CC=[CH][Ti].[Si]. The molecule has 0 aliphatic rings. The van der Waals surface area contributed by atoms with E-state index in [0.717, 1.165) is 0 Å². The van der Waals surface area contributed by atoms with Gasteiger partial charge in [0.15, 0.2) is 0 Å². The molecule has 0 heterocycles. The standard InChI is InChI=1S/C3H5.Si.Ti/c1-3-2;;/h1,3H,2H3;;. The summed E-state index contributed by atoms with van der Waals surface area (Å²) in [4.78, 5) is 0. The van der Waals surface area contributed by atoms with Crippen molar-refractivity contribution in [3.8, 4) is 0 Å². The normalized spacial score (nSPS) is 7.20. The van der Waals surface area contributed by atoms with Gasteiger partial charge in [-0.15, -0.1) is 0 Å². The van der Waals surface area contributed by atoms with Crippen LogP contribution in [0.5, 0.6) is 0 Å². The summed E-state index contributed by atoms with van der Waals surface area (Å²) < 4.78 is 2.00. The Labute approximate surface area is 49.1 Å². The molecule has 0 aromatic heterocycles. The van der Waals surface area contributed by atoms with Gasteiger partial charge in [0.25, 0.3) is 0 Å². The molecule has 2 heteroatoms. The third-order valence-electron chi connectivity index (χ3n) is 0.167. The second-order valence-corrected chi connectivity index (χ2v) is 1.02. The van der Waals surface area contributed by atoms with Crippen molar-refractivity contribution in [3.05, 3.63) is 10.5 Å². The molecule has 25 valence electrons. The van der Waals surface area contributed by atoms with Crippen molar-refractivity contribution in [1.82, 2.24) is 0 Å². The van der Waals surface area contributed by atoms with Gasteiger partial charge < -0.3 is 0 Å². The molecule has 0 spiro atoms. The first-order valence-corrected chi connectivity index (χ1v) is 2.10. The maximum atomic E-state index is 2.00. The van der Waals surface area contributed by atoms with Gasteiger partial charge in [0.1, 0.15) is 0 Å². The number of hydrogen-bond acceptors (Lipinski definition) is 0. The summed E-state index contributed by atoms with van der Waals surface area (Å²) in [6, 6.07) is 0. The topological polar surface area (TPSA) is 0 Å². The van der Waals surface area contributed by atoms with E-state index in [9.17, 15) is 0 Å². The first-order valence-electron chi connectivity index (χ1n) is 1.20. The first-order chi connectivity index (χ1) is 1.91. The maximum Gasteiger partial charge on any atom is 0 e. The summed E-state index contributed by atoms with van der Waals surface area (Å²) in [5.41, 5.74) is 0. The van der Waals surface area contributed by atoms with E-state index in [1.165, 1.54) is 0 Å². The number of allylic oxidation sites excluding steroid dienone is 1. The Kier molecular flexibility index (Phi) is 16.2. The molecule has 0 fully saturated rings. The largest absolute Gasteiger partial charge is 0 e. The molecule has 0 rings (SSSR count). The summed E-state index contributed by atoms with van der Waals surface area (Å²) in [7, 11) is 0. The van der Waals surface area contributed by atoms with Gasteiger partial charge in [-0.1, -0.05) is 0 Å². The van der Waals surface area contributed by atoms with Crippen molar-refractivity contribution in [2.45, 2.75) is 6.92 Å². The molecule has 0 aliphatic carbocycles. The predicted octanol–water partition coefficient (Wildman–Crippen LogP) is 0.686.